The Morgan fingerprint density at radius 3 is 2.22 bits per heavy atom. The summed E-state index contributed by atoms with van der Waals surface area (Å²) >= 11 is 0. The van der Waals surface area contributed by atoms with Gasteiger partial charge in [0.05, 0.1) is 0 Å². The van der Waals surface area contributed by atoms with Crippen molar-refractivity contribution in [1.29, 1.82) is 0 Å². The second kappa shape index (κ2) is 7.70. The Labute approximate surface area is 158 Å². The van der Waals surface area contributed by atoms with Crippen LogP contribution in [0.2, 0.25) is 0 Å². The highest BCUT2D eigenvalue weighted by Crippen LogP contribution is 2.24. The molecule has 1 fully saturated rings. The van der Waals surface area contributed by atoms with Gasteiger partial charge in [-0.1, -0.05) is 12.1 Å². The van der Waals surface area contributed by atoms with Crippen molar-refractivity contribution in [1.82, 2.24) is 4.90 Å². The van der Waals surface area contributed by atoms with E-state index in [1.807, 2.05) is 6.92 Å². The molecule has 27 heavy (non-hydrogen) atoms. The van der Waals surface area contributed by atoms with Crippen LogP contribution < -0.4 is 4.90 Å². The maximum Gasteiger partial charge on any atom is 0.292 e. The number of carbonyl (C=O) groups is 1. The molecule has 0 atom stereocenters. The van der Waals surface area contributed by atoms with Crippen molar-refractivity contribution < 1.29 is 19.4 Å². The van der Waals surface area contributed by atoms with Crippen LogP contribution in [0.4, 0.5) is 10.1 Å². The molecule has 0 bridgehead atoms. The summed E-state index contributed by atoms with van der Waals surface area (Å²) < 4.78 is 13.0. The number of anilines is 1. The second-order valence-electron chi connectivity index (χ2n) is 6.77. The minimum atomic E-state index is -0.721. The molecule has 1 aliphatic heterocycles. The molecule has 2 aromatic rings. The summed E-state index contributed by atoms with van der Waals surface area (Å²) in [5.74, 6) is -2.35. The standard InChI is InChI=1S/C21H23FN2O3/c1-14-3-4-15(2)18(13-14)23-9-11-24(12-10-23)21(27)20(26)19(25)16-5-7-17(22)8-6-16/h3-8,13,25-26H,9-12H2,1-2H3/b20-19-. The summed E-state index contributed by atoms with van der Waals surface area (Å²) in [6.07, 6.45) is 0. The summed E-state index contributed by atoms with van der Waals surface area (Å²) in [5.41, 5.74) is 3.70. The van der Waals surface area contributed by atoms with Gasteiger partial charge in [-0.25, -0.2) is 4.39 Å². The Balaban J connectivity index is 1.70. The number of hydrogen-bond donors (Lipinski definition) is 2. The van der Waals surface area contributed by atoms with Crippen LogP contribution in [0.25, 0.3) is 5.76 Å². The topological polar surface area (TPSA) is 64.0 Å². The lowest BCUT2D eigenvalue weighted by atomic mass is 10.1. The fourth-order valence-corrected chi connectivity index (χ4v) is 3.21. The molecule has 1 aliphatic rings. The zero-order valence-electron chi connectivity index (χ0n) is 15.4. The molecule has 2 aromatic carbocycles. The van der Waals surface area contributed by atoms with Crippen molar-refractivity contribution in [3.8, 4) is 0 Å². The van der Waals surface area contributed by atoms with Crippen LogP contribution in [-0.2, 0) is 4.79 Å². The van der Waals surface area contributed by atoms with E-state index in [1.54, 1.807) is 0 Å². The molecule has 0 unspecified atom stereocenters. The van der Waals surface area contributed by atoms with Gasteiger partial charge in [0.2, 0.25) is 5.76 Å². The molecular weight excluding hydrogens is 347 g/mol. The monoisotopic (exact) mass is 370 g/mol. The minimum absolute atomic E-state index is 0.191. The fraction of sp³-hybridized carbons (Fsp3) is 0.286. The number of rotatable bonds is 3. The summed E-state index contributed by atoms with van der Waals surface area (Å²) in [6, 6.07) is 11.2. The van der Waals surface area contributed by atoms with E-state index < -0.39 is 23.2 Å². The number of halogens is 1. The number of aryl methyl sites for hydroxylation is 2. The van der Waals surface area contributed by atoms with E-state index >= 15 is 0 Å². The fourth-order valence-electron chi connectivity index (χ4n) is 3.21. The third-order valence-corrected chi connectivity index (χ3v) is 4.82. The number of aliphatic hydroxyl groups is 2. The smallest absolute Gasteiger partial charge is 0.292 e. The molecule has 1 amide bonds. The van der Waals surface area contributed by atoms with E-state index in [0.717, 1.165) is 17.8 Å². The summed E-state index contributed by atoms with van der Waals surface area (Å²) in [4.78, 5) is 16.2. The van der Waals surface area contributed by atoms with Gasteiger partial charge in [-0.15, -0.1) is 0 Å². The maximum atomic E-state index is 13.0. The van der Waals surface area contributed by atoms with E-state index in [0.29, 0.717) is 26.2 Å². The number of benzene rings is 2. The number of aliphatic hydroxyl groups excluding tert-OH is 2. The van der Waals surface area contributed by atoms with Crippen LogP contribution in [0.15, 0.2) is 48.2 Å². The molecule has 0 aliphatic carbocycles. The highest BCUT2D eigenvalue weighted by Gasteiger charge is 2.26. The summed E-state index contributed by atoms with van der Waals surface area (Å²) in [5, 5.41) is 20.3. The Hall–Kier alpha value is -3.02. The van der Waals surface area contributed by atoms with Gasteiger partial charge in [-0.2, -0.15) is 0 Å². The van der Waals surface area contributed by atoms with Crippen LogP contribution in [0.3, 0.4) is 0 Å². The quantitative estimate of drug-likeness (QED) is 0.640. The zero-order chi connectivity index (χ0) is 19.6. The third kappa shape index (κ3) is 4.05. The predicted molar refractivity (Wildman–Crippen MR) is 103 cm³/mol. The van der Waals surface area contributed by atoms with Crippen LogP contribution in [-0.4, -0.2) is 47.2 Å². The molecule has 6 heteroatoms. The lowest BCUT2D eigenvalue weighted by Gasteiger charge is -2.36. The van der Waals surface area contributed by atoms with Crippen molar-refractivity contribution in [2.75, 3.05) is 31.1 Å². The maximum absolute atomic E-state index is 13.0. The van der Waals surface area contributed by atoms with Gasteiger partial charge in [-0.3, -0.25) is 4.79 Å². The SMILES string of the molecule is Cc1ccc(C)c(N2CCN(C(=O)/C(O)=C(/O)c3ccc(F)cc3)CC2)c1. The first-order chi connectivity index (χ1) is 12.9. The Morgan fingerprint density at radius 1 is 0.963 bits per heavy atom. The van der Waals surface area contributed by atoms with Gasteiger partial charge in [0.1, 0.15) is 5.82 Å². The van der Waals surface area contributed by atoms with E-state index in [-0.39, 0.29) is 5.56 Å². The van der Waals surface area contributed by atoms with E-state index in [9.17, 15) is 19.4 Å². The van der Waals surface area contributed by atoms with E-state index in [4.69, 9.17) is 0 Å². The average Bonchev–Trinajstić information content (AvgIpc) is 2.69. The van der Waals surface area contributed by atoms with Crippen LogP contribution in [0.1, 0.15) is 16.7 Å². The predicted octanol–water partition coefficient (Wildman–Crippen LogP) is 3.58. The summed E-state index contributed by atoms with van der Waals surface area (Å²) in [7, 11) is 0. The van der Waals surface area contributed by atoms with E-state index in [2.05, 4.69) is 30.0 Å². The summed E-state index contributed by atoms with van der Waals surface area (Å²) in [6.45, 7) is 6.26. The number of nitrogens with zero attached hydrogens (tertiary/aromatic N) is 2. The van der Waals surface area contributed by atoms with Crippen molar-refractivity contribution >= 4 is 17.4 Å². The van der Waals surface area contributed by atoms with Crippen molar-refractivity contribution in [3.63, 3.8) is 0 Å². The first-order valence-electron chi connectivity index (χ1n) is 8.86. The first-order valence-corrected chi connectivity index (χ1v) is 8.86. The molecule has 0 aromatic heterocycles. The number of amides is 1. The normalized spacial score (nSPS) is 15.5. The molecule has 0 spiro atoms. The molecule has 1 heterocycles. The third-order valence-electron chi connectivity index (χ3n) is 4.82. The Kier molecular flexibility index (Phi) is 5.35. The second-order valence-corrected chi connectivity index (χ2v) is 6.77. The average molecular weight is 370 g/mol. The largest absolute Gasteiger partial charge is 0.504 e. The molecule has 0 saturated carbocycles. The Morgan fingerprint density at radius 2 is 1.59 bits per heavy atom. The van der Waals surface area contributed by atoms with Gasteiger partial charge in [0.15, 0.2) is 5.76 Å². The lowest BCUT2D eigenvalue weighted by Crippen LogP contribution is -2.49. The highest BCUT2D eigenvalue weighted by molar-refractivity contribution is 5.97. The molecule has 3 rings (SSSR count). The van der Waals surface area contributed by atoms with Crippen molar-refractivity contribution in [3.05, 3.63) is 70.7 Å². The lowest BCUT2D eigenvalue weighted by molar-refractivity contribution is -0.130. The molecule has 5 nitrogen and oxygen atoms in total. The van der Waals surface area contributed by atoms with Gasteiger partial charge in [0, 0.05) is 37.4 Å². The van der Waals surface area contributed by atoms with E-state index in [1.165, 1.54) is 28.2 Å². The molecule has 0 radical (unpaired) electrons. The van der Waals surface area contributed by atoms with Crippen molar-refractivity contribution in [2.45, 2.75) is 13.8 Å². The van der Waals surface area contributed by atoms with Crippen LogP contribution in [0.5, 0.6) is 0 Å². The first kappa shape index (κ1) is 18.8. The number of carbonyl (C=O) groups excluding carboxylic acids is 1. The molecule has 2 N–H and O–H groups in total. The molecule has 1 saturated heterocycles. The number of hydrogen-bond acceptors (Lipinski definition) is 4. The Bertz CT molecular complexity index is 869. The van der Waals surface area contributed by atoms with Gasteiger partial charge >= 0.3 is 0 Å². The van der Waals surface area contributed by atoms with Gasteiger partial charge < -0.3 is 20.0 Å². The van der Waals surface area contributed by atoms with Crippen molar-refractivity contribution in [2.24, 2.45) is 0 Å². The number of piperazine rings is 1. The van der Waals surface area contributed by atoms with Crippen LogP contribution >= 0.6 is 0 Å². The molecule has 142 valence electrons. The van der Waals surface area contributed by atoms with Crippen LogP contribution in [0, 0.1) is 19.7 Å². The van der Waals surface area contributed by atoms with Gasteiger partial charge in [0.25, 0.3) is 5.91 Å². The van der Waals surface area contributed by atoms with Gasteiger partial charge in [-0.05, 0) is 55.3 Å². The minimum Gasteiger partial charge on any atom is -0.504 e. The highest BCUT2D eigenvalue weighted by atomic mass is 19.1. The zero-order valence-corrected chi connectivity index (χ0v) is 15.4. The molecular formula is C21H23FN2O3.